The molecule has 1 aliphatic rings. The highest BCUT2D eigenvalue weighted by Crippen LogP contribution is 2.33. The molecule has 1 unspecified atom stereocenters. The minimum absolute atomic E-state index is 0.149. The van der Waals surface area contributed by atoms with Crippen molar-refractivity contribution in [1.29, 1.82) is 0 Å². The molecule has 0 amide bonds. The number of esters is 1. The Kier molecular flexibility index (Phi) is 3.88. The maximum atomic E-state index is 12.3. The summed E-state index contributed by atoms with van der Waals surface area (Å²) in [7, 11) is 0. The highest BCUT2D eigenvalue weighted by molar-refractivity contribution is 9.10. The van der Waals surface area contributed by atoms with E-state index in [1.807, 2.05) is 36.4 Å². The van der Waals surface area contributed by atoms with Crippen LogP contribution in [0.1, 0.15) is 21.5 Å². The van der Waals surface area contributed by atoms with Crippen molar-refractivity contribution in [2.24, 2.45) is 5.92 Å². The molecule has 106 valence electrons. The van der Waals surface area contributed by atoms with Crippen molar-refractivity contribution in [2.75, 3.05) is 0 Å². The summed E-state index contributed by atoms with van der Waals surface area (Å²) in [6.45, 7) is 0.195. The lowest BCUT2D eigenvalue weighted by molar-refractivity contribution is -0.147. The van der Waals surface area contributed by atoms with Crippen molar-refractivity contribution in [3.63, 3.8) is 0 Å². The Bertz CT molecular complexity index is 694. The van der Waals surface area contributed by atoms with Crippen LogP contribution in [-0.4, -0.2) is 11.8 Å². The van der Waals surface area contributed by atoms with E-state index < -0.39 is 11.9 Å². The van der Waals surface area contributed by atoms with Crippen molar-refractivity contribution in [1.82, 2.24) is 0 Å². The molecule has 0 aliphatic heterocycles. The van der Waals surface area contributed by atoms with Gasteiger partial charge in [-0.25, -0.2) is 0 Å². The van der Waals surface area contributed by atoms with Gasteiger partial charge in [0.25, 0.3) is 0 Å². The van der Waals surface area contributed by atoms with E-state index in [2.05, 4.69) is 15.9 Å². The second-order valence-corrected chi connectivity index (χ2v) is 5.83. The van der Waals surface area contributed by atoms with E-state index in [0.29, 0.717) is 12.0 Å². The van der Waals surface area contributed by atoms with Gasteiger partial charge >= 0.3 is 5.97 Å². The van der Waals surface area contributed by atoms with Gasteiger partial charge in [-0.05, 0) is 23.6 Å². The molecule has 0 N–H and O–H groups in total. The maximum absolute atomic E-state index is 12.3. The second kappa shape index (κ2) is 5.82. The summed E-state index contributed by atoms with van der Waals surface area (Å²) in [6, 6.07) is 14.9. The Balaban J connectivity index is 1.70. The molecule has 0 aromatic heterocycles. The third-order valence-electron chi connectivity index (χ3n) is 3.62. The lowest BCUT2D eigenvalue weighted by atomic mass is 10.1. The minimum atomic E-state index is -0.720. The lowest BCUT2D eigenvalue weighted by Crippen LogP contribution is -2.23. The number of benzene rings is 2. The monoisotopic (exact) mass is 344 g/mol. The van der Waals surface area contributed by atoms with E-state index >= 15 is 0 Å². The summed E-state index contributed by atoms with van der Waals surface area (Å²) in [4.78, 5) is 24.4. The van der Waals surface area contributed by atoms with Gasteiger partial charge in [0.2, 0.25) is 0 Å². The van der Waals surface area contributed by atoms with Crippen LogP contribution in [0.5, 0.6) is 0 Å². The fourth-order valence-electron chi connectivity index (χ4n) is 2.50. The molecular formula is C17H13BrO3. The molecule has 3 rings (SSSR count). The quantitative estimate of drug-likeness (QED) is 0.631. The summed E-state index contributed by atoms with van der Waals surface area (Å²) in [5.74, 6) is -1.32. The first-order chi connectivity index (χ1) is 10.2. The third-order valence-corrected chi connectivity index (χ3v) is 4.36. The normalized spacial score (nSPS) is 16.6. The van der Waals surface area contributed by atoms with Gasteiger partial charge in [-0.1, -0.05) is 58.4 Å². The molecule has 0 radical (unpaired) electrons. The fraction of sp³-hybridized carbons (Fsp3) is 0.176. The number of carbonyl (C=O) groups is 2. The first kappa shape index (κ1) is 14.0. The molecule has 2 aromatic carbocycles. The van der Waals surface area contributed by atoms with Crippen LogP contribution in [0.2, 0.25) is 0 Å². The molecule has 1 atom stereocenters. The zero-order chi connectivity index (χ0) is 14.8. The average molecular weight is 345 g/mol. The Morgan fingerprint density at radius 1 is 1.14 bits per heavy atom. The van der Waals surface area contributed by atoms with Crippen LogP contribution in [0.4, 0.5) is 0 Å². The molecule has 3 nitrogen and oxygen atoms in total. The number of ether oxygens (including phenoxy) is 1. The van der Waals surface area contributed by atoms with E-state index in [1.54, 1.807) is 12.1 Å². The standard InChI is InChI=1S/C17H13BrO3/c18-15-8-4-7-12-13(15)9-14(16(12)19)17(20)21-10-11-5-2-1-3-6-11/h1-8,14H,9-10H2. The minimum Gasteiger partial charge on any atom is -0.460 e. The average Bonchev–Trinajstić information content (AvgIpc) is 2.85. The van der Waals surface area contributed by atoms with Crippen molar-refractivity contribution < 1.29 is 14.3 Å². The van der Waals surface area contributed by atoms with Gasteiger partial charge in [0.05, 0.1) is 0 Å². The van der Waals surface area contributed by atoms with Gasteiger partial charge in [0, 0.05) is 10.0 Å². The smallest absolute Gasteiger partial charge is 0.317 e. The van der Waals surface area contributed by atoms with Crippen LogP contribution in [0.15, 0.2) is 53.0 Å². The van der Waals surface area contributed by atoms with Crippen molar-refractivity contribution in [3.8, 4) is 0 Å². The molecule has 0 spiro atoms. The van der Waals surface area contributed by atoms with Crippen molar-refractivity contribution in [3.05, 3.63) is 69.7 Å². The summed E-state index contributed by atoms with van der Waals surface area (Å²) in [5.41, 5.74) is 2.42. The number of ketones is 1. The van der Waals surface area contributed by atoms with Gasteiger partial charge in [0.1, 0.15) is 12.5 Å². The zero-order valence-electron chi connectivity index (χ0n) is 11.2. The highest BCUT2D eigenvalue weighted by Gasteiger charge is 2.37. The summed E-state index contributed by atoms with van der Waals surface area (Å²) < 4.78 is 6.15. The summed E-state index contributed by atoms with van der Waals surface area (Å²) in [6.07, 6.45) is 0.406. The molecule has 4 heteroatoms. The lowest BCUT2D eigenvalue weighted by Gasteiger charge is -2.09. The zero-order valence-corrected chi connectivity index (χ0v) is 12.8. The van der Waals surface area contributed by atoms with E-state index in [1.165, 1.54) is 0 Å². The van der Waals surface area contributed by atoms with Gasteiger partial charge in [-0.15, -0.1) is 0 Å². The molecule has 0 saturated carbocycles. The van der Waals surface area contributed by atoms with Gasteiger partial charge in [0.15, 0.2) is 5.78 Å². The van der Waals surface area contributed by atoms with Crippen molar-refractivity contribution >= 4 is 27.7 Å². The summed E-state index contributed by atoms with van der Waals surface area (Å²) >= 11 is 3.42. The maximum Gasteiger partial charge on any atom is 0.317 e. The van der Waals surface area contributed by atoms with E-state index in [0.717, 1.165) is 15.6 Å². The van der Waals surface area contributed by atoms with Crippen LogP contribution in [0, 0.1) is 5.92 Å². The largest absolute Gasteiger partial charge is 0.460 e. The van der Waals surface area contributed by atoms with Crippen LogP contribution in [0.3, 0.4) is 0 Å². The molecule has 1 aliphatic carbocycles. The van der Waals surface area contributed by atoms with Gasteiger partial charge in [-0.2, -0.15) is 0 Å². The number of hydrogen-bond acceptors (Lipinski definition) is 3. The predicted octanol–water partition coefficient (Wildman–Crippen LogP) is 3.55. The predicted molar refractivity (Wildman–Crippen MR) is 81.9 cm³/mol. The Morgan fingerprint density at radius 3 is 2.62 bits per heavy atom. The molecular weight excluding hydrogens is 332 g/mol. The van der Waals surface area contributed by atoms with E-state index in [4.69, 9.17) is 4.74 Å². The van der Waals surface area contributed by atoms with E-state index in [-0.39, 0.29) is 12.4 Å². The number of rotatable bonds is 3. The van der Waals surface area contributed by atoms with Crippen LogP contribution >= 0.6 is 15.9 Å². The number of carbonyl (C=O) groups excluding carboxylic acids is 2. The number of fused-ring (bicyclic) bond motifs is 1. The van der Waals surface area contributed by atoms with Crippen molar-refractivity contribution in [2.45, 2.75) is 13.0 Å². The summed E-state index contributed by atoms with van der Waals surface area (Å²) in [5, 5.41) is 0. The Morgan fingerprint density at radius 2 is 1.90 bits per heavy atom. The number of Topliss-reactive ketones (excluding diaryl/α,β-unsaturated/α-hetero) is 1. The second-order valence-electron chi connectivity index (χ2n) is 4.98. The molecule has 0 heterocycles. The molecule has 0 saturated heterocycles. The molecule has 0 bridgehead atoms. The SMILES string of the molecule is O=C(OCc1ccccc1)C1Cc2c(Br)cccc2C1=O. The molecule has 0 fully saturated rings. The topological polar surface area (TPSA) is 43.4 Å². The number of hydrogen-bond donors (Lipinski definition) is 0. The first-order valence-corrected chi connectivity index (χ1v) is 7.48. The van der Waals surface area contributed by atoms with Crippen LogP contribution in [-0.2, 0) is 22.6 Å². The fourth-order valence-corrected chi connectivity index (χ4v) is 3.03. The van der Waals surface area contributed by atoms with Crippen LogP contribution < -0.4 is 0 Å². The first-order valence-electron chi connectivity index (χ1n) is 6.69. The number of halogens is 1. The highest BCUT2D eigenvalue weighted by atomic mass is 79.9. The molecule has 21 heavy (non-hydrogen) atoms. The Labute approximate surface area is 131 Å². The third kappa shape index (κ3) is 2.76. The molecule has 2 aromatic rings. The Hall–Kier alpha value is -1.94. The van der Waals surface area contributed by atoms with Crippen LogP contribution in [0.25, 0.3) is 0 Å². The van der Waals surface area contributed by atoms with Gasteiger partial charge < -0.3 is 4.74 Å². The van der Waals surface area contributed by atoms with E-state index in [9.17, 15) is 9.59 Å². The van der Waals surface area contributed by atoms with Gasteiger partial charge in [-0.3, -0.25) is 9.59 Å².